The Bertz CT molecular complexity index is 393. The third-order valence-corrected chi connectivity index (χ3v) is 4.39. The van der Waals surface area contributed by atoms with Crippen LogP contribution in [-0.2, 0) is 6.54 Å². The van der Waals surface area contributed by atoms with Crippen LogP contribution in [0.15, 0.2) is 18.3 Å². The maximum atomic E-state index is 4.50. The van der Waals surface area contributed by atoms with Crippen LogP contribution in [0.3, 0.4) is 0 Å². The average Bonchev–Trinajstić information content (AvgIpc) is 3.26. The minimum Gasteiger partial charge on any atom is -0.357 e. The molecule has 4 heteroatoms. The van der Waals surface area contributed by atoms with Gasteiger partial charge in [0.15, 0.2) is 0 Å². The SMILES string of the molecule is CSCCC(C)N(C)c1cc(CNC2CC2)ccn1. The fourth-order valence-corrected chi connectivity index (χ4v) is 2.60. The molecule has 0 aliphatic heterocycles. The molecule has 1 saturated carbocycles. The molecule has 106 valence electrons. The molecular formula is C15H25N3S. The Hall–Kier alpha value is -0.740. The van der Waals surface area contributed by atoms with Gasteiger partial charge >= 0.3 is 0 Å². The second-order valence-electron chi connectivity index (χ2n) is 5.42. The van der Waals surface area contributed by atoms with E-state index in [1.165, 1.54) is 30.6 Å². The lowest BCUT2D eigenvalue weighted by Crippen LogP contribution is -2.30. The molecule has 1 aromatic rings. The van der Waals surface area contributed by atoms with E-state index in [1.54, 1.807) is 0 Å². The van der Waals surface area contributed by atoms with Crippen LogP contribution < -0.4 is 10.2 Å². The molecule has 0 bridgehead atoms. The van der Waals surface area contributed by atoms with E-state index in [4.69, 9.17) is 0 Å². The first-order chi connectivity index (χ1) is 9.20. The zero-order valence-corrected chi connectivity index (χ0v) is 13.0. The highest BCUT2D eigenvalue weighted by molar-refractivity contribution is 7.98. The molecule has 1 heterocycles. The van der Waals surface area contributed by atoms with Gasteiger partial charge in [-0.3, -0.25) is 0 Å². The molecule has 19 heavy (non-hydrogen) atoms. The Morgan fingerprint density at radius 2 is 2.32 bits per heavy atom. The van der Waals surface area contributed by atoms with Crippen molar-refractivity contribution in [2.75, 3.05) is 24.0 Å². The lowest BCUT2D eigenvalue weighted by Gasteiger charge is -2.26. The van der Waals surface area contributed by atoms with E-state index in [9.17, 15) is 0 Å². The van der Waals surface area contributed by atoms with E-state index in [2.05, 4.69) is 47.6 Å². The van der Waals surface area contributed by atoms with Crippen molar-refractivity contribution in [1.82, 2.24) is 10.3 Å². The fourth-order valence-electron chi connectivity index (χ4n) is 2.02. The van der Waals surface area contributed by atoms with E-state index in [0.717, 1.165) is 18.4 Å². The molecule has 1 unspecified atom stereocenters. The van der Waals surface area contributed by atoms with Crippen LogP contribution in [-0.4, -0.2) is 36.1 Å². The Morgan fingerprint density at radius 3 is 3.00 bits per heavy atom. The number of anilines is 1. The number of thioether (sulfide) groups is 1. The molecule has 0 saturated heterocycles. The lowest BCUT2D eigenvalue weighted by molar-refractivity contribution is 0.658. The Morgan fingerprint density at radius 1 is 1.53 bits per heavy atom. The molecule has 1 aromatic heterocycles. The van der Waals surface area contributed by atoms with E-state index in [0.29, 0.717) is 6.04 Å². The Balaban J connectivity index is 1.91. The third kappa shape index (κ3) is 4.69. The number of aromatic nitrogens is 1. The standard InChI is InChI=1S/C15H25N3S/c1-12(7-9-19-3)18(2)15-10-13(6-8-16-15)11-17-14-4-5-14/h6,8,10,12,14,17H,4-5,7,9,11H2,1-3H3. The molecule has 1 N–H and O–H groups in total. The van der Waals surface area contributed by atoms with Crippen molar-refractivity contribution in [2.45, 2.75) is 44.8 Å². The number of rotatable bonds is 8. The van der Waals surface area contributed by atoms with E-state index < -0.39 is 0 Å². The summed E-state index contributed by atoms with van der Waals surface area (Å²) in [5, 5.41) is 3.55. The molecule has 0 radical (unpaired) electrons. The summed E-state index contributed by atoms with van der Waals surface area (Å²) >= 11 is 1.91. The van der Waals surface area contributed by atoms with Gasteiger partial charge in [-0.05, 0) is 55.9 Å². The third-order valence-electron chi connectivity index (χ3n) is 3.74. The van der Waals surface area contributed by atoms with Crippen molar-refractivity contribution < 1.29 is 0 Å². The van der Waals surface area contributed by atoms with Gasteiger partial charge in [-0.25, -0.2) is 4.98 Å². The smallest absolute Gasteiger partial charge is 0.128 e. The summed E-state index contributed by atoms with van der Waals surface area (Å²) in [6.45, 7) is 3.24. The second-order valence-corrected chi connectivity index (χ2v) is 6.40. The van der Waals surface area contributed by atoms with Gasteiger partial charge in [0.05, 0.1) is 0 Å². The normalized spacial score (nSPS) is 16.4. The number of nitrogens with zero attached hydrogens (tertiary/aromatic N) is 2. The van der Waals surface area contributed by atoms with Crippen LogP contribution in [0, 0.1) is 0 Å². The highest BCUT2D eigenvalue weighted by Crippen LogP contribution is 2.20. The molecule has 0 amide bonds. The molecule has 1 aliphatic carbocycles. The zero-order valence-electron chi connectivity index (χ0n) is 12.2. The number of hydrogen-bond donors (Lipinski definition) is 1. The molecule has 0 aromatic carbocycles. The molecular weight excluding hydrogens is 254 g/mol. The summed E-state index contributed by atoms with van der Waals surface area (Å²) in [5.41, 5.74) is 1.33. The van der Waals surface area contributed by atoms with Gasteiger partial charge in [-0.1, -0.05) is 0 Å². The molecule has 1 aliphatic rings. The Kier molecular flexibility index (Phi) is 5.52. The molecule has 3 nitrogen and oxygen atoms in total. The highest BCUT2D eigenvalue weighted by atomic mass is 32.2. The van der Waals surface area contributed by atoms with Crippen molar-refractivity contribution in [3.05, 3.63) is 23.9 Å². The van der Waals surface area contributed by atoms with Crippen molar-refractivity contribution in [1.29, 1.82) is 0 Å². The molecule has 2 rings (SSSR count). The van der Waals surface area contributed by atoms with Crippen molar-refractivity contribution in [3.63, 3.8) is 0 Å². The van der Waals surface area contributed by atoms with Crippen LogP contribution in [0.25, 0.3) is 0 Å². The molecule has 1 fully saturated rings. The number of hydrogen-bond acceptors (Lipinski definition) is 4. The van der Waals surface area contributed by atoms with Gasteiger partial charge in [0.25, 0.3) is 0 Å². The summed E-state index contributed by atoms with van der Waals surface area (Å²) in [7, 11) is 2.14. The predicted molar refractivity (Wildman–Crippen MR) is 85.0 cm³/mol. The van der Waals surface area contributed by atoms with Crippen molar-refractivity contribution in [2.24, 2.45) is 0 Å². The summed E-state index contributed by atoms with van der Waals surface area (Å²) in [5.74, 6) is 2.29. The quantitative estimate of drug-likeness (QED) is 0.792. The van der Waals surface area contributed by atoms with Crippen LogP contribution in [0.1, 0.15) is 31.7 Å². The molecule has 1 atom stereocenters. The maximum Gasteiger partial charge on any atom is 0.128 e. The zero-order chi connectivity index (χ0) is 13.7. The molecule has 0 spiro atoms. The summed E-state index contributed by atoms with van der Waals surface area (Å²) < 4.78 is 0. The van der Waals surface area contributed by atoms with Gasteiger partial charge in [0.2, 0.25) is 0 Å². The number of nitrogens with one attached hydrogen (secondary N) is 1. The minimum atomic E-state index is 0.534. The van der Waals surface area contributed by atoms with E-state index >= 15 is 0 Å². The average molecular weight is 279 g/mol. The summed E-state index contributed by atoms with van der Waals surface area (Å²) in [4.78, 5) is 6.79. The van der Waals surface area contributed by atoms with Crippen molar-refractivity contribution in [3.8, 4) is 0 Å². The first-order valence-electron chi connectivity index (χ1n) is 7.10. The van der Waals surface area contributed by atoms with Gasteiger partial charge in [0, 0.05) is 31.9 Å². The van der Waals surface area contributed by atoms with E-state index in [1.807, 2.05) is 18.0 Å². The fraction of sp³-hybridized carbons (Fsp3) is 0.667. The van der Waals surface area contributed by atoms with E-state index in [-0.39, 0.29) is 0 Å². The van der Waals surface area contributed by atoms with Crippen molar-refractivity contribution >= 4 is 17.6 Å². The maximum absolute atomic E-state index is 4.50. The van der Waals surface area contributed by atoms with Crippen LogP contribution in [0.5, 0.6) is 0 Å². The minimum absolute atomic E-state index is 0.534. The van der Waals surface area contributed by atoms with Crippen LogP contribution in [0.2, 0.25) is 0 Å². The predicted octanol–water partition coefficient (Wildman–Crippen LogP) is 2.91. The summed E-state index contributed by atoms with van der Waals surface area (Å²) in [6.07, 6.45) is 7.96. The van der Waals surface area contributed by atoms with Gasteiger partial charge in [-0.2, -0.15) is 11.8 Å². The van der Waals surface area contributed by atoms with Gasteiger partial charge < -0.3 is 10.2 Å². The monoisotopic (exact) mass is 279 g/mol. The topological polar surface area (TPSA) is 28.2 Å². The number of pyridine rings is 1. The lowest BCUT2D eigenvalue weighted by atomic mass is 10.2. The first kappa shape index (κ1) is 14.7. The van der Waals surface area contributed by atoms with Crippen LogP contribution >= 0.6 is 11.8 Å². The largest absolute Gasteiger partial charge is 0.357 e. The summed E-state index contributed by atoms with van der Waals surface area (Å²) in [6, 6.07) is 5.62. The van der Waals surface area contributed by atoms with Gasteiger partial charge in [0.1, 0.15) is 5.82 Å². The van der Waals surface area contributed by atoms with Gasteiger partial charge in [-0.15, -0.1) is 0 Å². The second kappa shape index (κ2) is 7.15. The Labute approximate surface area is 121 Å². The van der Waals surface area contributed by atoms with Crippen LogP contribution in [0.4, 0.5) is 5.82 Å². The highest BCUT2D eigenvalue weighted by Gasteiger charge is 2.20. The first-order valence-corrected chi connectivity index (χ1v) is 8.50.